The van der Waals surface area contributed by atoms with Crippen LogP contribution in [0.3, 0.4) is 0 Å². The third-order valence-electron chi connectivity index (χ3n) is 2.48. The second-order valence-corrected chi connectivity index (χ2v) is 4.21. The van der Waals surface area contributed by atoms with Crippen molar-refractivity contribution in [3.63, 3.8) is 0 Å². The summed E-state index contributed by atoms with van der Waals surface area (Å²) in [6.07, 6.45) is 0. The Labute approximate surface area is 113 Å². The van der Waals surface area contributed by atoms with E-state index in [0.717, 1.165) is 6.07 Å². The molecule has 2 aromatic carbocycles. The predicted molar refractivity (Wildman–Crippen MR) is 71.9 cm³/mol. The fraction of sp³-hybridized carbons (Fsp3) is 0. The van der Waals surface area contributed by atoms with Crippen LogP contribution in [0.2, 0.25) is 5.02 Å². The van der Waals surface area contributed by atoms with E-state index in [0.29, 0.717) is 5.69 Å². The van der Waals surface area contributed by atoms with Gasteiger partial charge >= 0.3 is 0 Å². The van der Waals surface area contributed by atoms with E-state index in [1.54, 1.807) is 0 Å². The van der Waals surface area contributed by atoms with E-state index in [4.69, 9.17) is 17.3 Å². The Hall–Kier alpha value is -2.27. The highest BCUT2D eigenvalue weighted by molar-refractivity contribution is 6.34. The van der Waals surface area contributed by atoms with E-state index in [-0.39, 0.29) is 22.0 Å². The predicted octanol–water partition coefficient (Wildman–Crippen LogP) is 3.02. The van der Waals surface area contributed by atoms with Crippen LogP contribution in [0.4, 0.5) is 15.8 Å². The lowest BCUT2D eigenvalue weighted by Gasteiger charge is -2.09. The van der Waals surface area contributed by atoms with Crippen molar-refractivity contribution in [2.45, 2.75) is 0 Å². The Bertz CT molecular complexity index is 647. The van der Waals surface area contributed by atoms with Gasteiger partial charge in [-0.25, -0.2) is 4.39 Å². The topological polar surface area (TPSA) is 75.3 Å². The number of anilines is 2. The first-order valence-electron chi connectivity index (χ1n) is 5.33. The SMILES string of the molecule is Nc1cc(O)ccc1NC(=O)c1cccc(F)c1Cl. The molecule has 0 aliphatic heterocycles. The van der Waals surface area contributed by atoms with Gasteiger partial charge in [-0.1, -0.05) is 17.7 Å². The number of benzene rings is 2. The molecule has 0 saturated heterocycles. The number of carbonyl (C=O) groups is 1. The molecule has 0 aliphatic rings. The van der Waals surface area contributed by atoms with Crippen LogP contribution in [-0.2, 0) is 0 Å². The first-order chi connectivity index (χ1) is 8.99. The number of amides is 1. The molecule has 0 spiro atoms. The standard InChI is InChI=1S/C13H10ClFN2O2/c14-12-8(2-1-3-9(12)15)13(19)17-11-5-4-7(18)6-10(11)16/h1-6,18H,16H2,(H,17,19). The zero-order valence-electron chi connectivity index (χ0n) is 9.65. The molecule has 4 nitrogen and oxygen atoms in total. The average molecular weight is 281 g/mol. The van der Waals surface area contributed by atoms with Crippen LogP contribution in [0.1, 0.15) is 10.4 Å². The Morgan fingerprint density at radius 3 is 2.74 bits per heavy atom. The molecule has 2 rings (SSSR count). The van der Waals surface area contributed by atoms with E-state index in [9.17, 15) is 14.3 Å². The minimum absolute atomic E-state index is 0.00846. The monoisotopic (exact) mass is 280 g/mol. The zero-order valence-corrected chi connectivity index (χ0v) is 10.4. The Morgan fingerprint density at radius 1 is 1.32 bits per heavy atom. The van der Waals surface area contributed by atoms with Crippen molar-refractivity contribution in [2.24, 2.45) is 0 Å². The molecule has 1 amide bonds. The number of nitrogens with one attached hydrogen (secondary N) is 1. The number of hydrogen-bond acceptors (Lipinski definition) is 3. The molecule has 0 bridgehead atoms. The summed E-state index contributed by atoms with van der Waals surface area (Å²) in [5.74, 6) is -1.27. The molecule has 0 saturated carbocycles. The van der Waals surface area contributed by atoms with E-state index in [1.165, 1.54) is 30.3 Å². The summed E-state index contributed by atoms with van der Waals surface area (Å²) in [4.78, 5) is 11.9. The molecule has 0 atom stereocenters. The summed E-state index contributed by atoms with van der Waals surface area (Å²) in [6, 6.07) is 8.05. The van der Waals surface area contributed by atoms with Crippen molar-refractivity contribution >= 4 is 28.9 Å². The van der Waals surface area contributed by atoms with Gasteiger partial charge in [0.1, 0.15) is 11.6 Å². The molecular formula is C13H10ClFN2O2. The first kappa shape index (κ1) is 13.2. The maximum absolute atomic E-state index is 13.2. The lowest BCUT2D eigenvalue weighted by Crippen LogP contribution is -2.14. The molecule has 0 aromatic heterocycles. The van der Waals surface area contributed by atoms with Gasteiger partial charge in [0.05, 0.1) is 22.0 Å². The Balaban J connectivity index is 2.28. The minimum atomic E-state index is -0.673. The molecule has 0 radical (unpaired) electrons. The summed E-state index contributed by atoms with van der Waals surface area (Å²) >= 11 is 5.71. The number of halogens is 2. The van der Waals surface area contributed by atoms with E-state index in [2.05, 4.69) is 5.32 Å². The molecule has 2 aromatic rings. The van der Waals surface area contributed by atoms with Crippen LogP contribution >= 0.6 is 11.6 Å². The molecular weight excluding hydrogens is 271 g/mol. The van der Waals surface area contributed by atoms with E-state index in [1.807, 2.05) is 0 Å². The summed E-state index contributed by atoms with van der Waals surface area (Å²) in [5.41, 5.74) is 6.15. The van der Waals surface area contributed by atoms with Crippen molar-refractivity contribution in [3.05, 3.63) is 52.8 Å². The summed E-state index contributed by atoms with van der Waals surface area (Å²) in [6.45, 7) is 0. The number of rotatable bonds is 2. The molecule has 0 aliphatic carbocycles. The molecule has 0 heterocycles. The average Bonchev–Trinajstić information content (AvgIpc) is 2.36. The van der Waals surface area contributed by atoms with Gasteiger partial charge in [-0.2, -0.15) is 0 Å². The zero-order chi connectivity index (χ0) is 14.0. The van der Waals surface area contributed by atoms with Crippen LogP contribution < -0.4 is 11.1 Å². The van der Waals surface area contributed by atoms with Crippen LogP contribution in [0.5, 0.6) is 5.75 Å². The van der Waals surface area contributed by atoms with Crippen molar-refractivity contribution < 1.29 is 14.3 Å². The highest BCUT2D eigenvalue weighted by atomic mass is 35.5. The fourth-order valence-electron chi connectivity index (χ4n) is 1.53. The highest BCUT2D eigenvalue weighted by Gasteiger charge is 2.14. The number of hydrogen-bond donors (Lipinski definition) is 3. The second kappa shape index (κ2) is 5.16. The number of aromatic hydroxyl groups is 1. The van der Waals surface area contributed by atoms with E-state index >= 15 is 0 Å². The van der Waals surface area contributed by atoms with Crippen LogP contribution in [-0.4, -0.2) is 11.0 Å². The van der Waals surface area contributed by atoms with Crippen molar-refractivity contribution in [2.75, 3.05) is 11.1 Å². The molecule has 19 heavy (non-hydrogen) atoms. The van der Waals surface area contributed by atoms with Crippen molar-refractivity contribution in [1.82, 2.24) is 0 Å². The van der Waals surface area contributed by atoms with Crippen LogP contribution in [0, 0.1) is 5.82 Å². The maximum atomic E-state index is 13.2. The summed E-state index contributed by atoms with van der Waals surface area (Å²) in [5, 5.41) is 11.4. The van der Waals surface area contributed by atoms with Gasteiger partial charge in [-0.3, -0.25) is 4.79 Å². The quantitative estimate of drug-likeness (QED) is 0.585. The number of phenols is 1. The van der Waals surface area contributed by atoms with Crippen molar-refractivity contribution in [1.29, 1.82) is 0 Å². The minimum Gasteiger partial charge on any atom is -0.508 e. The molecule has 98 valence electrons. The lowest BCUT2D eigenvalue weighted by molar-refractivity contribution is 0.102. The van der Waals surface area contributed by atoms with Gasteiger partial charge in [-0.05, 0) is 24.3 Å². The second-order valence-electron chi connectivity index (χ2n) is 3.83. The summed E-state index contributed by atoms with van der Waals surface area (Å²) < 4.78 is 13.2. The van der Waals surface area contributed by atoms with Gasteiger partial charge in [0.2, 0.25) is 0 Å². The normalized spacial score (nSPS) is 10.2. The number of carbonyl (C=O) groups excluding carboxylic acids is 1. The smallest absolute Gasteiger partial charge is 0.257 e. The third kappa shape index (κ3) is 2.77. The highest BCUT2D eigenvalue weighted by Crippen LogP contribution is 2.25. The van der Waals surface area contributed by atoms with Gasteiger partial charge in [0, 0.05) is 6.07 Å². The maximum Gasteiger partial charge on any atom is 0.257 e. The third-order valence-corrected chi connectivity index (χ3v) is 2.86. The Morgan fingerprint density at radius 2 is 2.05 bits per heavy atom. The van der Waals surface area contributed by atoms with E-state index < -0.39 is 11.7 Å². The van der Waals surface area contributed by atoms with Crippen molar-refractivity contribution in [3.8, 4) is 5.75 Å². The van der Waals surface area contributed by atoms with Gasteiger partial charge in [-0.15, -0.1) is 0 Å². The Kier molecular flexibility index (Phi) is 3.57. The van der Waals surface area contributed by atoms with Gasteiger partial charge in [0.15, 0.2) is 0 Å². The van der Waals surface area contributed by atoms with Gasteiger partial charge in [0.25, 0.3) is 5.91 Å². The molecule has 4 N–H and O–H groups in total. The largest absolute Gasteiger partial charge is 0.508 e. The molecule has 0 fully saturated rings. The van der Waals surface area contributed by atoms with Crippen LogP contribution in [0.25, 0.3) is 0 Å². The first-order valence-corrected chi connectivity index (χ1v) is 5.70. The number of nitrogen functional groups attached to an aromatic ring is 1. The fourth-order valence-corrected chi connectivity index (χ4v) is 1.74. The molecule has 0 unspecified atom stereocenters. The van der Waals surface area contributed by atoms with Crippen LogP contribution in [0.15, 0.2) is 36.4 Å². The van der Waals surface area contributed by atoms with Gasteiger partial charge < -0.3 is 16.2 Å². The lowest BCUT2D eigenvalue weighted by atomic mass is 10.2. The summed E-state index contributed by atoms with van der Waals surface area (Å²) in [7, 11) is 0. The number of nitrogens with two attached hydrogens (primary N) is 1. The number of phenolic OH excluding ortho intramolecular Hbond substituents is 1. The molecule has 6 heteroatoms.